The molecule has 0 N–H and O–H groups in total. The Bertz CT molecular complexity index is 769. The molecule has 118 valence electrons. The normalized spacial score (nSPS) is 12.7. The first-order valence-corrected chi connectivity index (χ1v) is 5.77. The van der Waals surface area contributed by atoms with Crippen LogP contribution in [-0.2, 0) is 0 Å². The molecule has 0 aliphatic rings. The third-order valence-corrected chi connectivity index (χ3v) is 2.92. The number of aryl methyl sites for hydroxylation is 1. The number of benzene rings is 1. The number of ketones is 1. The maximum atomic E-state index is 12.5. The summed E-state index contributed by atoms with van der Waals surface area (Å²) in [6.07, 6.45) is -10.3. The molecule has 22 heavy (non-hydrogen) atoms. The summed E-state index contributed by atoms with van der Waals surface area (Å²) in [5, 5.41) is -0.370. The van der Waals surface area contributed by atoms with Crippen LogP contribution in [0.2, 0.25) is 0 Å². The number of halogens is 6. The van der Waals surface area contributed by atoms with Gasteiger partial charge in [0, 0.05) is 11.6 Å². The SMILES string of the molecule is Cc1ccc2c(C(=O)C(F)(F)F)cn(C(=O)C(F)(F)F)c2c1. The van der Waals surface area contributed by atoms with E-state index in [0.29, 0.717) is 5.56 Å². The Morgan fingerprint density at radius 1 is 1.00 bits per heavy atom. The van der Waals surface area contributed by atoms with Crippen molar-refractivity contribution in [1.82, 2.24) is 4.57 Å². The van der Waals surface area contributed by atoms with Crippen LogP contribution in [0.3, 0.4) is 0 Å². The van der Waals surface area contributed by atoms with Crippen molar-refractivity contribution in [2.75, 3.05) is 0 Å². The summed E-state index contributed by atoms with van der Waals surface area (Å²) < 4.78 is 75.2. The lowest BCUT2D eigenvalue weighted by atomic mass is 10.1. The molecule has 1 aromatic heterocycles. The van der Waals surface area contributed by atoms with Crippen molar-refractivity contribution in [3.63, 3.8) is 0 Å². The Kier molecular flexibility index (Phi) is 3.54. The van der Waals surface area contributed by atoms with Gasteiger partial charge in [0.1, 0.15) is 0 Å². The van der Waals surface area contributed by atoms with Crippen molar-refractivity contribution >= 4 is 22.6 Å². The van der Waals surface area contributed by atoms with Gasteiger partial charge in [-0.2, -0.15) is 26.3 Å². The van der Waals surface area contributed by atoms with Crippen LogP contribution in [0.5, 0.6) is 0 Å². The van der Waals surface area contributed by atoms with Gasteiger partial charge >= 0.3 is 18.3 Å². The van der Waals surface area contributed by atoms with E-state index in [4.69, 9.17) is 0 Å². The van der Waals surface area contributed by atoms with Gasteiger partial charge in [-0.25, -0.2) is 0 Å². The Hall–Kier alpha value is -2.32. The number of fused-ring (bicyclic) bond motifs is 1. The lowest BCUT2D eigenvalue weighted by molar-refractivity contribution is -0.0943. The van der Waals surface area contributed by atoms with Gasteiger partial charge in [-0.05, 0) is 18.6 Å². The summed E-state index contributed by atoms with van der Waals surface area (Å²) in [6, 6.07) is 3.51. The number of nitrogens with zero attached hydrogens (tertiary/aromatic N) is 1. The number of hydrogen-bond acceptors (Lipinski definition) is 2. The van der Waals surface area contributed by atoms with Crippen LogP contribution in [0.25, 0.3) is 10.9 Å². The van der Waals surface area contributed by atoms with Crippen molar-refractivity contribution in [2.24, 2.45) is 0 Å². The molecule has 0 aliphatic carbocycles. The van der Waals surface area contributed by atoms with Gasteiger partial charge in [0.05, 0.1) is 11.1 Å². The van der Waals surface area contributed by atoms with Crippen LogP contribution in [-0.4, -0.2) is 28.6 Å². The van der Waals surface area contributed by atoms with E-state index in [0.717, 1.165) is 12.1 Å². The number of carbonyl (C=O) groups excluding carboxylic acids is 2. The fourth-order valence-electron chi connectivity index (χ4n) is 1.98. The third-order valence-electron chi connectivity index (χ3n) is 2.92. The molecule has 0 aliphatic heterocycles. The standard InChI is InChI=1S/C13H7F6NO2/c1-6-2-3-7-8(10(21)12(14,15)16)5-20(9(7)4-6)11(22)13(17,18)19/h2-5H,1H3. The largest absolute Gasteiger partial charge is 0.472 e. The van der Waals surface area contributed by atoms with Crippen molar-refractivity contribution in [3.8, 4) is 0 Å². The molecule has 3 nitrogen and oxygen atoms in total. The van der Waals surface area contributed by atoms with Crippen molar-refractivity contribution in [1.29, 1.82) is 0 Å². The maximum absolute atomic E-state index is 12.5. The molecule has 0 fully saturated rings. The number of hydrogen-bond donors (Lipinski definition) is 0. The molecular formula is C13H7F6NO2. The van der Waals surface area contributed by atoms with Gasteiger partial charge in [-0.3, -0.25) is 14.2 Å². The van der Waals surface area contributed by atoms with Crippen LogP contribution in [0.15, 0.2) is 24.4 Å². The molecule has 0 spiro atoms. The molecule has 9 heteroatoms. The summed E-state index contributed by atoms with van der Waals surface area (Å²) in [6.45, 7) is 1.49. The topological polar surface area (TPSA) is 39.1 Å². The number of alkyl halides is 6. The van der Waals surface area contributed by atoms with Gasteiger partial charge in [0.15, 0.2) is 0 Å². The van der Waals surface area contributed by atoms with Crippen LogP contribution in [0.4, 0.5) is 26.3 Å². The minimum absolute atomic E-state index is 0.0152. The zero-order valence-corrected chi connectivity index (χ0v) is 10.8. The summed E-state index contributed by atoms with van der Waals surface area (Å²) in [5.74, 6) is -4.68. The van der Waals surface area contributed by atoms with E-state index in [2.05, 4.69) is 0 Å². The smallest absolute Gasteiger partial charge is 0.284 e. The van der Waals surface area contributed by atoms with Gasteiger partial charge < -0.3 is 0 Å². The van der Waals surface area contributed by atoms with Crippen LogP contribution < -0.4 is 0 Å². The molecule has 1 heterocycles. The maximum Gasteiger partial charge on any atom is 0.472 e. The lowest BCUT2D eigenvalue weighted by Crippen LogP contribution is -2.28. The van der Waals surface area contributed by atoms with E-state index in [1.807, 2.05) is 0 Å². The fraction of sp³-hybridized carbons (Fsp3) is 0.231. The monoisotopic (exact) mass is 323 g/mol. The molecule has 0 bridgehead atoms. The minimum atomic E-state index is -5.28. The molecule has 2 aromatic rings. The zero-order chi connectivity index (χ0) is 16.9. The first-order valence-electron chi connectivity index (χ1n) is 5.77. The Balaban J connectivity index is 2.77. The molecule has 0 unspecified atom stereocenters. The quantitative estimate of drug-likeness (QED) is 0.590. The second-order valence-electron chi connectivity index (χ2n) is 4.56. The van der Waals surface area contributed by atoms with E-state index >= 15 is 0 Å². The molecule has 0 radical (unpaired) electrons. The zero-order valence-electron chi connectivity index (χ0n) is 10.8. The van der Waals surface area contributed by atoms with Crippen LogP contribution in [0, 0.1) is 6.92 Å². The molecule has 0 saturated heterocycles. The van der Waals surface area contributed by atoms with Crippen molar-refractivity contribution in [3.05, 3.63) is 35.5 Å². The summed E-state index contributed by atoms with van der Waals surface area (Å²) in [7, 11) is 0. The lowest BCUT2D eigenvalue weighted by Gasteiger charge is -2.07. The first-order chi connectivity index (χ1) is 9.93. The van der Waals surface area contributed by atoms with Gasteiger partial charge in [0.25, 0.3) is 5.78 Å². The molecule has 0 saturated carbocycles. The van der Waals surface area contributed by atoms with Crippen LogP contribution >= 0.6 is 0 Å². The number of aromatic nitrogens is 1. The fourth-order valence-corrected chi connectivity index (χ4v) is 1.98. The summed E-state index contributed by atoms with van der Waals surface area (Å²) in [4.78, 5) is 22.6. The van der Waals surface area contributed by atoms with Crippen molar-refractivity contribution < 1.29 is 35.9 Å². The van der Waals surface area contributed by atoms with Gasteiger partial charge in [-0.1, -0.05) is 12.1 Å². The van der Waals surface area contributed by atoms with E-state index in [1.54, 1.807) is 0 Å². The predicted octanol–water partition coefficient (Wildman–Crippen LogP) is 3.90. The highest BCUT2D eigenvalue weighted by atomic mass is 19.4. The van der Waals surface area contributed by atoms with Gasteiger partial charge in [0.2, 0.25) is 0 Å². The number of rotatable bonds is 1. The van der Waals surface area contributed by atoms with E-state index in [9.17, 15) is 35.9 Å². The van der Waals surface area contributed by atoms with Crippen LogP contribution in [0.1, 0.15) is 20.7 Å². The average molecular weight is 323 g/mol. The first kappa shape index (κ1) is 16.1. The third kappa shape index (κ3) is 2.70. The van der Waals surface area contributed by atoms with E-state index < -0.39 is 35.1 Å². The number of carbonyl (C=O) groups is 2. The van der Waals surface area contributed by atoms with E-state index in [-0.39, 0.29) is 16.2 Å². The molecule has 2 rings (SSSR count). The summed E-state index contributed by atoms with van der Waals surface area (Å²) in [5.41, 5.74) is -0.983. The predicted molar refractivity (Wildman–Crippen MR) is 63.7 cm³/mol. The second-order valence-corrected chi connectivity index (χ2v) is 4.56. The highest BCUT2D eigenvalue weighted by Crippen LogP contribution is 2.31. The average Bonchev–Trinajstić information content (AvgIpc) is 2.73. The molecular weight excluding hydrogens is 316 g/mol. The Labute approximate surface area is 119 Å². The number of Topliss-reactive ketones (excluding diaryl/α,β-unsaturated/α-hetero) is 1. The highest BCUT2D eigenvalue weighted by molar-refractivity contribution is 6.12. The summed E-state index contributed by atoms with van der Waals surface area (Å²) >= 11 is 0. The second kappa shape index (κ2) is 4.85. The van der Waals surface area contributed by atoms with E-state index in [1.165, 1.54) is 13.0 Å². The Morgan fingerprint density at radius 2 is 1.59 bits per heavy atom. The van der Waals surface area contributed by atoms with Gasteiger partial charge in [-0.15, -0.1) is 0 Å². The molecule has 0 amide bonds. The highest BCUT2D eigenvalue weighted by Gasteiger charge is 2.44. The molecule has 1 aromatic carbocycles. The molecule has 0 atom stereocenters. The minimum Gasteiger partial charge on any atom is -0.284 e. The van der Waals surface area contributed by atoms with Crippen molar-refractivity contribution in [2.45, 2.75) is 19.3 Å². The Morgan fingerprint density at radius 3 is 2.09 bits per heavy atom.